The van der Waals surface area contributed by atoms with Gasteiger partial charge in [-0.25, -0.2) is 0 Å². The fraction of sp³-hybridized carbons (Fsp3) is 0.615. The summed E-state index contributed by atoms with van der Waals surface area (Å²) in [6.07, 6.45) is 3.55. The highest BCUT2D eigenvalue weighted by Crippen LogP contribution is 2.21. The molecule has 0 aromatic carbocycles. The number of aliphatic hydroxyl groups excluding tert-OH is 1. The Balaban J connectivity index is 2.05. The number of anilines is 1. The van der Waals surface area contributed by atoms with Crippen molar-refractivity contribution in [3.63, 3.8) is 0 Å². The summed E-state index contributed by atoms with van der Waals surface area (Å²) in [5.74, 6) is 0. The van der Waals surface area contributed by atoms with Crippen LogP contribution < -0.4 is 4.90 Å². The normalized spacial score (nSPS) is 17.8. The first kappa shape index (κ1) is 12.3. The lowest BCUT2D eigenvalue weighted by atomic mass is 10.2. The number of hydrogen-bond donors (Lipinski definition) is 1. The molecular weight excluding hydrogens is 214 g/mol. The third-order valence-corrected chi connectivity index (χ3v) is 3.43. The molecule has 1 aliphatic heterocycles. The second-order valence-electron chi connectivity index (χ2n) is 4.78. The van der Waals surface area contributed by atoms with E-state index in [1.165, 1.54) is 0 Å². The molecule has 94 valence electrons. The van der Waals surface area contributed by atoms with E-state index in [0.29, 0.717) is 6.04 Å². The molecule has 1 saturated heterocycles. The van der Waals surface area contributed by atoms with Crippen molar-refractivity contribution in [3.05, 3.63) is 24.0 Å². The maximum Gasteiger partial charge on any atom is 0.0717 e. The monoisotopic (exact) mass is 235 g/mol. The molecule has 0 unspecified atom stereocenters. The molecule has 0 amide bonds. The highest BCUT2D eigenvalue weighted by molar-refractivity contribution is 5.52. The molecule has 0 bridgehead atoms. The zero-order chi connectivity index (χ0) is 12.3. The van der Waals surface area contributed by atoms with Gasteiger partial charge in [0.25, 0.3) is 0 Å². The Bertz CT molecular complexity index is 359. The van der Waals surface area contributed by atoms with Gasteiger partial charge in [0.05, 0.1) is 6.61 Å². The van der Waals surface area contributed by atoms with Crippen molar-refractivity contribution in [2.24, 2.45) is 0 Å². The van der Waals surface area contributed by atoms with Crippen LogP contribution in [0.25, 0.3) is 0 Å². The number of piperazine rings is 1. The molecular formula is C13H21N3O. The summed E-state index contributed by atoms with van der Waals surface area (Å²) < 4.78 is 0. The molecule has 1 fully saturated rings. The predicted octanol–water partition coefficient (Wildman–Crippen LogP) is 1.10. The zero-order valence-corrected chi connectivity index (χ0v) is 10.6. The summed E-state index contributed by atoms with van der Waals surface area (Å²) in [4.78, 5) is 8.88. The standard InChI is InChI=1S/C13H21N3O/c1-11(2)15-5-7-16(8-6-15)13-3-4-14-9-12(13)10-17/h3-4,9,11,17H,5-8,10H2,1-2H3. The fourth-order valence-electron chi connectivity index (χ4n) is 2.33. The maximum atomic E-state index is 9.31. The molecule has 2 rings (SSSR count). The van der Waals surface area contributed by atoms with Crippen LogP contribution in [0.15, 0.2) is 18.5 Å². The highest BCUT2D eigenvalue weighted by Gasteiger charge is 2.20. The summed E-state index contributed by atoms with van der Waals surface area (Å²) in [6, 6.07) is 2.61. The van der Waals surface area contributed by atoms with E-state index in [4.69, 9.17) is 0 Å². The van der Waals surface area contributed by atoms with Crippen LogP contribution in [-0.2, 0) is 6.61 Å². The van der Waals surface area contributed by atoms with Crippen LogP contribution in [0.2, 0.25) is 0 Å². The minimum Gasteiger partial charge on any atom is -0.392 e. The van der Waals surface area contributed by atoms with Gasteiger partial charge in [0.1, 0.15) is 0 Å². The van der Waals surface area contributed by atoms with Gasteiger partial charge in [-0.3, -0.25) is 9.88 Å². The zero-order valence-electron chi connectivity index (χ0n) is 10.6. The van der Waals surface area contributed by atoms with Gasteiger partial charge < -0.3 is 10.0 Å². The van der Waals surface area contributed by atoms with Gasteiger partial charge in [-0.05, 0) is 19.9 Å². The third kappa shape index (κ3) is 2.76. The smallest absolute Gasteiger partial charge is 0.0717 e. The number of aromatic nitrogens is 1. The van der Waals surface area contributed by atoms with Crippen LogP contribution in [0.4, 0.5) is 5.69 Å². The molecule has 4 nitrogen and oxygen atoms in total. The number of nitrogens with zero attached hydrogens (tertiary/aromatic N) is 3. The van der Waals surface area contributed by atoms with Crippen LogP contribution in [0.5, 0.6) is 0 Å². The molecule has 17 heavy (non-hydrogen) atoms. The van der Waals surface area contributed by atoms with E-state index in [1.807, 2.05) is 6.07 Å². The molecule has 1 aromatic heterocycles. The number of aliphatic hydroxyl groups is 1. The van der Waals surface area contributed by atoms with E-state index in [9.17, 15) is 5.11 Å². The van der Waals surface area contributed by atoms with E-state index in [2.05, 4.69) is 28.6 Å². The van der Waals surface area contributed by atoms with Gasteiger partial charge in [0, 0.05) is 55.9 Å². The second kappa shape index (κ2) is 5.47. The Morgan fingerprint density at radius 2 is 2.00 bits per heavy atom. The molecule has 0 saturated carbocycles. The van der Waals surface area contributed by atoms with E-state index in [1.54, 1.807) is 12.4 Å². The summed E-state index contributed by atoms with van der Waals surface area (Å²) in [7, 11) is 0. The van der Waals surface area contributed by atoms with Gasteiger partial charge in [0.2, 0.25) is 0 Å². The van der Waals surface area contributed by atoms with Crippen LogP contribution in [-0.4, -0.2) is 47.2 Å². The minimum absolute atomic E-state index is 0.0631. The van der Waals surface area contributed by atoms with Crippen molar-refractivity contribution < 1.29 is 5.11 Å². The van der Waals surface area contributed by atoms with E-state index >= 15 is 0 Å². The third-order valence-electron chi connectivity index (χ3n) is 3.43. The Morgan fingerprint density at radius 1 is 1.29 bits per heavy atom. The minimum atomic E-state index is 0.0631. The summed E-state index contributed by atoms with van der Waals surface area (Å²) in [6.45, 7) is 8.76. The first-order chi connectivity index (χ1) is 8.22. The van der Waals surface area contributed by atoms with Crippen molar-refractivity contribution in [2.75, 3.05) is 31.1 Å². The van der Waals surface area contributed by atoms with E-state index < -0.39 is 0 Å². The quantitative estimate of drug-likeness (QED) is 0.852. The number of rotatable bonds is 3. The fourth-order valence-corrected chi connectivity index (χ4v) is 2.33. The Morgan fingerprint density at radius 3 is 2.59 bits per heavy atom. The van der Waals surface area contributed by atoms with Gasteiger partial charge in [-0.2, -0.15) is 0 Å². The average Bonchev–Trinajstić information content (AvgIpc) is 2.39. The predicted molar refractivity (Wildman–Crippen MR) is 69.1 cm³/mol. The molecule has 1 N–H and O–H groups in total. The van der Waals surface area contributed by atoms with E-state index in [-0.39, 0.29) is 6.61 Å². The van der Waals surface area contributed by atoms with Gasteiger partial charge >= 0.3 is 0 Å². The lowest BCUT2D eigenvalue weighted by molar-refractivity contribution is 0.209. The second-order valence-corrected chi connectivity index (χ2v) is 4.78. The first-order valence-corrected chi connectivity index (χ1v) is 6.25. The van der Waals surface area contributed by atoms with Crippen molar-refractivity contribution in [1.29, 1.82) is 0 Å². The SMILES string of the molecule is CC(C)N1CCN(c2ccncc2CO)CC1. The van der Waals surface area contributed by atoms with Crippen molar-refractivity contribution in [3.8, 4) is 0 Å². The van der Waals surface area contributed by atoms with Crippen LogP contribution >= 0.6 is 0 Å². The lowest BCUT2D eigenvalue weighted by Gasteiger charge is -2.38. The van der Waals surface area contributed by atoms with Crippen molar-refractivity contribution in [1.82, 2.24) is 9.88 Å². The van der Waals surface area contributed by atoms with Crippen LogP contribution in [0, 0.1) is 0 Å². The number of pyridine rings is 1. The van der Waals surface area contributed by atoms with Gasteiger partial charge in [-0.1, -0.05) is 0 Å². The summed E-state index contributed by atoms with van der Waals surface area (Å²) >= 11 is 0. The lowest BCUT2D eigenvalue weighted by Crippen LogP contribution is -2.49. The molecule has 1 aliphatic rings. The molecule has 0 atom stereocenters. The van der Waals surface area contributed by atoms with Crippen LogP contribution in [0.3, 0.4) is 0 Å². The molecule has 2 heterocycles. The summed E-state index contributed by atoms with van der Waals surface area (Å²) in [5, 5.41) is 9.31. The number of hydrogen-bond acceptors (Lipinski definition) is 4. The first-order valence-electron chi connectivity index (χ1n) is 6.25. The van der Waals surface area contributed by atoms with Crippen molar-refractivity contribution >= 4 is 5.69 Å². The maximum absolute atomic E-state index is 9.31. The molecule has 1 aromatic rings. The summed E-state index contributed by atoms with van der Waals surface area (Å²) in [5.41, 5.74) is 2.05. The Kier molecular flexibility index (Phi) is 3.97. The van der Waals surface area contributed by atoms with Crippen molar-refractivity contribution in [2.45, 2.75) is 26.5 Å². The Hall–Kier alpha value is -1.13. The topological polar surface area (TPSA) is 39.6 Å². The average molecular weight is 235 g/mol. The van der Waals surface area contributed by atoms with Crippen LogP contribution in [0.1, 0.15) is 19.4 Å². The molecule has 0 radical (unpaired) electrons. The molecule has 0 aliphatic carbocycles. The van der Waals surface area contributed by atoms with Gasteiger partial charge in [0.15, 0.2) is 0 Å². The van der Waals surface area contributed by atoms with Gasteiger partial charge in [-0.15, -0.1) is 0 Å². The Labute approximate surface area is 103 Å². The molecule has 0 spiro atoms. The highest BCUT2D eigenvalue weighted by atomic mass is 16.3. The molecule has 4 heteroatoms. The van der Waals surface area contributed by atoms with E-state index in [0.717, 1.165) is 37.4 Å². The largest absolute Gasteiger partial charge is 0.392 e.